The number of hydrogen-bond donors (Lipinski definition) is 0. The standard InChI is InChI=1S/C29H26N2O2/c1-31(29(33)20-22-6-3-2-4-7-22)27-16-14-25(15-17-27)24-10-12-26(13-11-24)28(32)18-9-23-8-5-19-30-21-23/h2-8,10-17,19,21H,9,18,20H2,1H3. The Kier molecular flexibility index (Phi) is 7.06. The fourth-order valence-electron chi connectivity index (χ4n) is 3.71. The Bertz CT molecular complexity index is 1200. The molecule has 0 unspecified atom stereocenters. The van der Waals surface area contributed by atoms with Crippen LogP contribution >= 0.6 is 0 Å². The second-order valence-corrected chi connectivity index (χ2v) is 8.02. The van der Waals surface area contributed by atoms with Gasteiger partial charge >= 0.3 is 0 Å². The average Bonchev–Trinajstić information content (AvgIpc) is 2.88. The van der Waals surface area contributed by atoms with E-state index in [0.717, 1.165) is 27.9 Å². The van der Waals surface area contributed by atoms with E-state index >= 15 is 0 Å². The number of rotatable bonds is 8. The summed E-state index contributed by atoms with van der Waals surface area (Å²) >= 11 is 0. The molecule has 4 heteroatoms. The Hall–Kier alpha value is -4.05. The molecule has 1 heterocycles. The molecule has 0 aliphatic heterocycles. The highest BCUT2D eigenvalue weighted by Gasteiger charge is 2.12. The number of Topliss-reactive ketones (excluding diaryl/α,β-unsaturated/α-hetero) is 1. The monoisotopic (exact) mass is 434 g/mol. The number of carbonyl (C=O) groups is 2. The van der Waals surface area contributed by atoms with E-state index in [2.05, 4.69) is 4.98 Å². The van der Waals surface area contributed by atoms with Crippen molar-refractivity contribution >= 4 is 17.4 Å². The number of carbonyl (C=O) groups excluding carboxylic acids is 2. The van der Waals surface area contributed by atoms with Crippen LogP contribution in [0.3, 0.4) is 0 Å². The summed E-state index contributed by atoms with van der Waals surface area (Å²) in [6.45, 7) is 0. The number of ketones is 1. The Morgan fingerprint density at radius 3 is 2.03 bits per heavy atom. The van der Waals surface area contributed by atoms with Crippen molar-refractivity contribution in [3.05, 3.63) is 120 Å². The van der Waals surface area contributed by atoms with Gasteiger partial charge in [-0.25, -0.2) is 0 Å². The third-order valence-electron chi connectivity index (χ3n) is 5.73. The van der Waals surface area contributed by atoms with Gasteiger partial charge < -0.3 is 4.90 Å². The molecule has 0 bridgehead atoms. The van der Waals surface area contributed by atoms with Crippen LogP contribution in [0.15, 0.2) is 103 Å². The molecule has 0 fully saturated rings. The van der Waals surface area contributed by atoms with Gasteiger partial charge in [0, 0.05) is 37.1 Å². The van der Waals surface area contributed by atoms with Crippen molar-refractivity contribution in [1.82, 2.24) is 4.98 Å². The van der Waals surface area contributed by atoms with Gasteiger partial charge in [-0.05, 0) is 46.9 Å². The molecule has 0 N–H and O–H groups in total. The molecular weight excluding hydrogens is 408 g/mol. The lowest BCUT2D eigenvalue weighted by molar-refractivity contribution is -0.117. The second kappa shape index (κ2) is 10.5. The van der Waals surface area contributed by atoms with Crippen LogP contribution in [0.4, 0.5) is 5.69 Å². The molecule has 1 aromatic heterocycles. The van der Waals surface area contributed by atoms with Gasteiger partial charge in [0.1, 0.15) is 0 Å². The van der Waals surface area contributed by atoms with Crippen LogP contribution in [0.2, 0.25) is 0 Å². The first-order valence-corrected chi connectivity index (χ1v) is 11.0. The summed E-state index contributed by atoms with van der Waals surface area (Å²) in [5.41, 5.74) is 5.70. The summed E-state index contributed by atoms with van der Waals surface area (Å²) in [7, 11) is 1.80. The van der Waals surface area contributed by atoms with E-state index in [9.17, 15) is 9.59 Å². The van der Waals surface area contributed by atoms with Crippen LogP contribution in [0.5, 0.6) is 0 Å². The third-order valence-corrected chi connectivity index (χ3v) is 5.73. The topological polar surface area (TPSA) is 50.3 Å². The SMILES string of the molecule is CN(C(=O)Cc1ccccc1)c1ccc(-c2ccc(C(=O)CCc3cccnc3)cc2)cc1. The Labute approximate surface area is 194 Å². The Morgan fingerprint density at radius 2 is 1.39 bits per heavy atom. The average molecular weight is 435 g/mol. The van der Waals surface area contributed by atoms with E-state index in [0.29, 0.717) is 24.8 Å². The number of aromatic nitrogens is 1. The lowest BCUT2D eigenvalue weighted by Gasteiger charge is -2.18. The van der Waals surface area contributed by atoms with E-state index in [1.54, 1.807) is 24.3 Å². The highest BCUT2D eigenvalue weighted by atomic mass is 16.2. The molecule has 0 spiro atoms. The lowest BCUT2D eigenvalue weighted by Crippen LogP contribution is -2.27. The summed E-state index contributed by atoms with van der Waals surface area (Å²) < 4.78 is 0. The van der Waals surface area contributed by atoms with Crippen LogP contribution < -0.4 is 4.90 Å². The molecule has 0 aliphatic rings. The van der Waals surface area contributed by atoms with E-state index in [1.807, 2.05) is 91.0 Å². The first-order valence-electron chi connectivity index (χ1n) is 11.0. The predicted molar refractivity (Wildman–Crippen MR) is 132 cm³/mol. The van der Waals surface area contributed by atoms with Crippen molar-refractivity contribution in [1.29, 1.82) is 0 Å². The molecule has 0 atom stereocenters. The normalized spacial score (nSPS) is 10.6. The predicted octanol–water partition coefficient (Wildman–Crippen LogP) is 5.77. The zero-order valence-corrected chi connectivity index (χ0v) is 18.6. The molecule has 4 aromatic rings. The molecule has 164 valence electrons. The fraction of sp³-hybridized carbons (Fsp3) is 0.138. The number of benzene rings is 3. The van der Waals surface area contributed by atoms with Crippen LogP contribution in [0.25, 0.3) is 11.1 Å². The third kappa shape index (κ3) is 5.80. The maximum Gasteiger partial charge on any atom is 0.231 e. The Balaban J connectivity index is 1.37. The molecule has 1 amide bonds. The van der Waals surface area contributed by atoms with Crippen molar-refractivity contribution in [2.24, 2.45) is 0 Å². The van der Waals surface area contributed by atoms with Gasteiger partial charge in [0.05, 0.1) is 6.42 Å². The Morgan fingerprint density at radius 1 is 0.758 bits per heavy atom. The number of likely N-dealkylation sites (N-methyl/N-ethyl adjacent to an activating group) is 1. The van der Waals surface area contributed by atoms with Crippen LogP contribution in [0, 0.1) is 0 Å². The van der Waals surface area contributed by atoms with Crippen molar-refractivity contribution in [3.63, 3.8) is 0 Å². The number of hydrogen-bond acceptors (Lipinski definition) is 3. The first-order chi connectivity index (χ1) is 16.1. The highest BCUT2D eigenvalue weighted by Crippen LogP contribution is 2.24. The van der Waals surface area contributed by atoms with E-state index in [-0.39, 0.29) is 11.7 Å². The van der Waals surface area contributed by atoms with Gasteiger partial charge in [-0.15, -0.1) is 0 Å². The van der Waals surface area contributed by atoms with E-state index in [1.165, 1.54) is 0 Å². The highest BCUT2D eigenvalue weighted by molar-refractivity contribution is 5.97. The number of aryl methyl sites for hydroxylation is 1. The number of anilines is 1. The summed E-state index contributed by atoms with van der Waals surface area (Å²) in [5, 5.41) is 0. The zero-order chi connectivity index (χ0) is 23.0. The molecule has 0 radical (unpaired) electrons. The van der Waals surface area contributed by atoms with Gasteiger partial charge in [-0.2, -0.15) is 0 Å². The minimum absolute atomic E-state index is 0.0445. The summed E-state index contributed by atoms with van der Waals surface area (Å²) in [6.07, 6.45) is 5.05. The smallest absolute Gasteiger partial charge is 0.231 e. The van der Waals surface area contributed by atoms with Crippen LogP contribution in [-0.2, 0) is 17.6 Å². The van der Waals surface area contributed by atoms with Crippen molar-refractivity contribution in [2.75, 3.05) is 11.9 Å². The van der Waals surface area contributed by atoms with Gasteiger partial charge in [0.2, 0.25) is 5.91 Å². The van der Waals surface area contributed by atoms with Gasteiger partial charge in [0.15, 0.2) is 5.78 Å². The molecule has 0 aliphatic carbocycles. The van der Waals surface area contributed by atoms with Gasteiger partial charge in [-0.3, -0.25) is 14.6 Å². The molecule has 33 heavy (non-hydrogen) atoms. The van der Waals surface area contributed by atoms with Crippen molar-refractivity contribution in [3.8, 4) is 11.1 Å². The van der Waals surface area contributed by atoms with E-state index in [4.69, 9.17) is 0 Å². The molecule has 4 nitrogen and oxygen atoms in total. The van der Waals surface area contributed by atoms with Gasteiger partial charge in [-0.1, -0.05) is 72.8 Å². The largest absolute Gasteiger partial charge is 0.315 e. The number of amides is 1. The summed E-state index contributed by atoms with van der Waals surface area (Å²) in [6, 6.07) is 29.2. The minimum Gasteiger partial charge on any atom is -0.315 e. The summed E-state index contributed by atoms with van der Waals surface area (Å²) in [5.74, 6) is 0.169. The van der Waals surface area contributed by atoms with Crippen molar-refractivity contribution in [2.45, 2.75) is 19.3 Å². The minimum atomic E-state index is 0.0445. The summed E-state index contributed by atoms with van der Waals surface area (Å²) in [4.78, 5) is 30.9. The number of nitrogens with zero attached hydrogens (tertiary/aromatic N) is 2. The molecule has 4 rings (SSSR count). The zero-order valence-electron chi connectivity index (χ0n) is 18.6. The van der Waals surface area contributed by atoms with Crippen molar-refractivity contribution < 1.29 is 9.59 Å². The van der Waals surface area contributed by atoms with Crippen LogP contribution in [0.1, 0.15) is 27.9 Å². The second-order valence-electron chi connectivity index (χ2n) is 8.02. The molecule has 3 aromatic carbocycles. The number of pyridine rings is 1. The van der Waals surface area contributed by atoms with Gasteiger partial charge in [0.25, 0.3) is 0 Å². The fourth-order valence-corrected chi connectivity index (χ4v) is 3.71. The maximum atomic E-state index is 12.6. The molecule has 0 saturated heterocycles. The quantitative estimate of drug-likeness (QED) is 0.331. The first kappa shape index (κ1) is 22.2. The lowest BCUT2D eigenvalue weighted by atomic mass is 9.99. The molecular formula is C29H26N2O2. The van der Waals surface area contributed by atoms with E-state index < -0.39 is 0 Å². The molecule has 0 saturated carbocycles. The maximum absolute atomic E-state index is 12.6. The van der Waals surface area contributed by atoms with Crippen LogP contribution in [-0.4, -0.2) is 23.7 Å².